The van der Waals surface area contributed by atoms with Gasteiger partial charge in [-0.3, -0.25) is 4.79 Å². The summed E-state index contributed by atoms with van der Waals surface area (Å²) >= 11 is 5.84. The van der Waals surface area contributed by atoms with Gasteiger partial charge in [-0.05, 0) is 56.3 Å². The molecule has 0 aliphatic heterocycles. The van der Waals surface area contributed by atoms with Crippen LogP contribution in [0, 0.1) is 0 Å². The lowest BCUT2D eigenvalue weighted by molar-refractivity contribution is -0.137. The molecule has 1 N–H and O–H groups in total. The molecule has 1 amide bonds. The van der Waals surface area contributed by atoms with Gasteiger partial charge in [0, 0.05) is 0 Å². The van der Waals surface area contributed by atoms with E-state index in [1.807, 2.05) is 6.92 Å². The fourth-order valence-electron chi connectivity index (χ4n) is 2.17. The predicted molar refractivity (Wildman–Crippen MR) is 97.6 cm³/mol. The Balaban J connectivity index is 2.03. The fourth-order valence-corrected chi connectivity index (χ4v) is 2.33. The third-order valence-electron chi connectivity index (χ3n) is 3.61. The number of ether oxygens (including phenoxy) is 2. The van der Waals surface area contributed by atoms with Gasteiger partial charge in [0.1, 0.15) is 5.75 Å². The van der Waals surface area contributed by atoms with Crippen LogP contribution < -0.4 is 10.1 Å². The molecule has 0 fully saturated rings. The molecule has 5 nitrogen and oxygen atoms in total. The summed E-state index contributed by atoms with van der Waals surface area (Å²) in [5, 5.41) is 2.16. The number of anilines is 1. The molecule has 0 spiro atoms. The van der Waals surface area contributed by atoms with Gasteiger partial charge in [-0.2, -0.15) is 13.2 Å². The van der Waals surface area contributed by atoms with E-state index < -0.39 is 29.7 Å². The average molecular weight is 416 g/mol. The lowest BCUT2D eigenvalue weighted by Gasteiger charge is -2.15. The number of amides is 1. The van der Waals surface area contributed by atoms with Gasteiger partial charge >= 0.3 is 12.1 Å². The highest BCUT2D eigenvalue weighted by atomic mass is 35.5. The highest BCUT2D eigenvalue weighted by Gasteiger charge is 2.31. The molecule has 0 saturated heterocycles. The zero-order valence-corrected chi connectivity index (χ0v) is 15.7. The van der Waals surface area contributed by atoms with Crippen molar-refractivity contribution in [2.24, 2.45) is 0 Å². The molecule has 2 aromatic carbocycles. The number of hydrogen-bond donors (Lipinski definition) is 1. The average Bonchev–Trinajstić information content (AvgIpc) is 2.63. The van der Waals surface area contributed by atoms with Crippen molar-refractivity contribution in [3.63, 3.8) is 0 Å². The second kappa shape index (κ2) is 8.97. The molecule has 0 aliphatic carbocycles. The maximum Gasteiger partial charge on any atom is 0.416 e. The van der Waals surface area contributed by atoms with Crippen LogP contribution in [0.5, 0.6) is 5.75 Å². The lowest BCUT2D eigenvalue weighted by atomic mass is 10.2. The molecule has 9 heteroatoms. The molecule has 2 aromatic rings. The van der Waals surface area contributed by atoms with Gasteiger partial charge in [-0.15, -0.1) is 0 Å². The van der Waals surface area contributed by atoms with E-state index in [9.17, 15) is 22.8 Å². The zero-order chi connectivity index (χ0) is 20.9. The van der Waals surface area contributed by atoms with E-state index in [0.29, 0.717) is 18.4 Å². The van der Waals surface area contributed by atoms with Crippen LogP contribution in [0.15, 0.2) is 42.5 Å². The molecular weight excluding hydrogens is 399 g/mol. The highest BCUT2D eigenvalue weighted by Crippen LogP contribution is 2.33. The van der Waals surface area contributed by atoms with Crippen LogP contribution in [0.25, 0.3) is 0 Å². The quantitative estimate of drug-likeness (QED) is 0.678. The number of rotatable bonds is 6. The fraction of sp³-hybridized carbons (Fsp3) is 0.263. The van der Waals surface area contributed by atoms with Crippen molar-refractivity contribution in [1.29, 1.82) is 0 Å². The molecular formula is C19H17ClF3NO4. The number of esters is 1. The van der Waals surface area contributed by atoms with Gasteiger partial charge in [0.25, 0.3) is 5.91 Å². The molecule has 28 heavy (non-hydrogen) atoms. The highest BCUT2D eigenvalue weighted by molar-refractivity contribution is 6.33. The minimum atomic E-state index is -4.59. The monoisotopic (exact) mass is 415 g/mol. The first-order chi connectivity index (χ1) is 13.1. The van der Waals surface area contributed by atoms with Crippen LogP contribution in [0.4, 0.5) is 18.9 Å². The summed E-state index contributed by atoms with van der Waals surface area (Å²) < 4.78 is 48.7. The van der Waals surface area contributed by atoms with Gasteiger partial charge in [0.15, 0.2) is 6.10 Å². The number of hydrogen-bond acceptors (Lipinski definition) is 4. The van der Waals surface area contributed by atoms with Gasteiger partial charge in [-0.25, -0.2) is 4.79 Å². The zero-order valence-electron chi connectivity index (χ0n) is 15.0. The van der Waals surface area contributed by atoms with E-state index >= 15 is 0 Å². The summed E-state index contributed by atoms with van der Waals surface area (Å²) in [5.74, 6) is -1.01. The Morgan fingerprint density at radius 3 is 2.36 bits per heavy atom. The normalized spacial score (nSPS) is 12.2. The molecule has 0 aliphatic rings. The third-order valence-corrected chi connectivity index (χ3v) is 3.94. The SMILES string of the molecule is CCOc1ccc(C(=O)OC(C)C(=O)Nc2cc(C(F)(F)F)ccc2Cl)cc1. The maximum atomic E-state index is 12.8. The number of carbonyl (C=O) groups is 2. The van der Waals surface area contributed by atoms with Gasteiger partial charge < -0.3 is 14.8 Å². The topological polar surface area (TPSA) is 64.6 Å². The summed E-state index contributed by atoms with van der Waals surface area (Å²) in [5.41, 5.74) is -1.00. The van der Waals surface area contributed by atoms with Crippen molar-refractivity contribution in [3.8, 4) is 5.75 Å². The number of alkyl halides is 3. The Bertz CT molecular complexity index is 853. The van der Waals surface area contributed by atoms with E-state index in [1.165, 1.54) is 19.1 Å². The van der Waals surface area contributed by atoms with Gasteiger partial charge in [0.05, 0.1) is 28.4 Å². The Morgan fingerprint density at radius 2 is 1.79 bits per heavy atom. The molecule has 2 rings (SSSR count). The third kappa shape index (κ3) is 5.63. The first kappa shape index (κ1) is 21.6. The minimum absolute atomic E-state index is 0.0774. The molecule has 1 atom stereocenters. The van der Waals surface area contributed by atoms with Crippen LogP contribution in [0.2, 0.25) is 5.02 Å². The molecule has 1 unspecified atom stereocenters. The number of halogens is 4. The summed E-state index contributed by atoms with van der Waals surface area (Å²) in [6.45, 7) is 3.58. The Morgan fingerprint density at radius 1 is 1.14 bits per heavy atom. The number of nitrogens with one attached hydrogen (secondary N) is 1. The van der Waals surface area contributed by atoms with E-state index in [4.69, 9.17) is 21.1 Å². The first-order valence-corrected chi connectivity index (χ1v) is 8.61. The summed E-state index contributed by atoms with van der Waals surface area (Å²) in [6.07, 6.45) is -5.85. The summed E-state index contributed by atoms with van der Waals surface area (Å²) in [7, 11) is 0. The van der Waals surface area contributed by atoms with Crippen LogP contribution in [-0.2, 0) is 15.7 Å². The summed E-state index contributed by atoms with van der Waals surface area (Å²) in [4.78, 5) is 24.3. The van der Waals surface area contributed by atoms with Crippen molar-refractivity contribution in [1.82, 2.24) is 0 Å². The van der Waals surface area contributed by atoms with Crippen molar-refractivity contribution in [3.05, 3.63) is 58.6 Å². The minimum Gasteiger partial charge on any atom is -0.494 e. The van der Waals surface area contributed by atoms with Crippen LogP contribution in [0.3, 0.4) is 0 Å². The first-order valence-electron chi connectivity index (χ1n) is 8.23. The van der Waals surface area contributed by atoms with Crippen LogP contribution in [-0.4, -0.2) is 24.6 Å². The Hall–Kier alpha value is -2.74. The largest absolute Gasteiger partial charge is 0.494 e. The van der Waals surface area contributed by atoms with E-state index in [2.05, 4.69) is 5.32 Å². The van der Waals surface area contributed by atoms with Crippen molar-refractivity contribution in [2.75, 3.05) is 11.9 Å². The van der Waals surface area contributed by atoms with E-state index in [1.54, 1.807) is 12.1 Å². The van der Waals surface area contributed by atoms with Crippen LogP contribution >= 0.6 is 11.6 Å². The van der Waals surface area contributed by atoms with Crippen LogP contribution in [0.1, 0.15) is 29.8 Å². The Kier molecular flexibility index (Phi) is 6.90. The van der Waals surface area contributed by atoms with Gasteiger partial charge in [0.2, 0.25) is 0 Å². The number of benzene rings is 2. The maximum absolute atomic E-state index is 12.8. The predicted octanol–water partition coefficient (Wildman–Crippen LogP) is 4.94. The second-order valence-corrected chi connectivity index (χ2v) is 6.09. The smallest absolute Gasteiger partial charge is 0.416 e. The molecule has 0 aromatic heterocycles. The second-order valence-electron chi connectivity index (χ2n) is 5.69. The van der Waals surface area contributed by atoms with Crippen molar-refractivity contribution < 1.29 is 32.2 Å². The van der Waals surface area contributed by atoms with E-state index in [-0.39, 0.29) is 16.3 Å². The molecule has 0 saturated carbocycles. The molecule has 0 bridgehead atoms. The van der Waals surface area contributed by atoms with Gasteiger partial charge in [-0.1, -0.05) is 11.6 Å². The standard InChI is InChI=1S/C19H17ClF3NO4/c1-3-27-14-7-4-12(5-8-14)18(26)28-11(2)17(25)24-16-10-13(19(21,22)23)6-9-15(16)20/h4-11H,3H2,1-2H3,(H,24,25). The van der Waals surface area contributed by atoms with E-state index in [0.717, 1.165) is 12.1 Å². The Labute approximate surface area is 164 Å². The van der Waals surface area contributed by atoms with Crippen molar-refractivity contribution >= 4 is 29.2 Å². The van der Waals surface area contributed by atoms with Crippen molar-refractivity contribution in [2.45, 2.75) is 26.1 Å². The molecule has 0 heterocycles. The summed E-state index contributed by atoms with van der Waals surface area (Å²) in [6, 6.07) is 8.63. The number of carbonyl (C=O) groups excluding carboxylic acids is 2. The molecule has 0 radical (unpaired) electrons. The lowest BCUT2D eigenvalue weighted by Crippen LogP contribution is -2.30. The molecule has 150 valence electrons.